The molecule has 0 radical (unpaired) electrons. The number of hydrogen-bond acceptors (Lipinski definition) is 9. The van der Waals surface area contributed by atoms with Crippen LogP contribution in [0, 0.1) is 3.57 Å². The number of rotatable bonds is 8. The highest BCUT2D eigenvalue weighted by atomic mass is 127. The number of carbonyl (C=O) groups excluding carboxylic acids is 3. The highest BCUT2D eigenvalue weighted by Crippen LogP contribution is 2.35. The van der Waals surface area contributed by atoms with Crippen molar-refractivity contribution in [1.29, 1.82) is 0 Å². The van der Waals surface area contributed by atoms with Crippen LogP contribution in [0.3, 0.4) is 0 Å². The first kappa shape index (κ1) is 29.0. The number of esters is 3. The van der Waals surface area contributed by atoms with Gasteiger partial charge < -0.3 is 18.9 Å². The number of H-pyrrole nitrogens is 1. The van der Waals surface area contributed by atoms with Gasteiger partial charge in [0.15, 0.2) is 18.4 Å². The summed E-state index contributed by atoms with van der Waals surface area (Å²) in [6, 6.07) is 24.4. The maximum Gasteiger partial charge on any atom is 0.338 e. The van der Waals surface area contributed by atoms with E-state index >= 15 is 0 Å². The summed E-state index contributed by atoms with van der Waals surface area (Å²) in [4.78, 5) is 66.2. The molecule has 1 fully saturated rings. The van der Waals surface area contributed by atoms with Crippen molar-refractivity contribution in [1.82, 2.24) is 9.55 Å². The minimum Gasteiger partial charge on any atom is -0.459 e. The van der Waals surface area contributed by atoms with Crippen LogP contribution in [0.25, 0.3) is 0 Å². The first-order chi connectivity index (χ1) is 20.3. The lowest BCUT2D eigenvalue weighted by Crippen LogP contribution is -2.43. The van der Waals surface area contributed by atoms with E-state index in [1.165, 1.54) is 18.3 Å². The molecule has 3 aromatic carbocycles. The van der Waals surface area contributed by atoms with Gasteiger partial charge in [0.1, 0.15) is 12.7 Å². The molecule has 1 aliphatic heterocycles. The minimum atomic E-state index is -1.38. The van der Waals surface area contributed by atoms with Crippen LogP contribution in [0.5, 0.6) is 0 Å². The van der Waals surface area contributed by atoms with E-state index in [4.69, 9.17) is 18.9 Å². The zero-order chi connectivity index (χ0) is 29.6. The van der Waals surface area contributed by atoms with Gasteiger partial charge in [0, 0.05) is 6.20 Å². The number of aromatic amines is 1. The summed E-state index contributed by atoms with van der Waals surface area (Å²) in [5.41, 5.74) is -0.769. The zero-order valence-electron chi connectivity index (χ0n) is 21.8. The molecule has 4 unspecified atom stereocenters. The Kier molecular flexibility index (Phi) is 8.93. The molecule has 42 heavy (non-hydrogen) atoms. The zero-order valence-corrected chi connectivity index (χ0v) is 23.9. The van der Waals surface area contributed by atoms with Gasteiger partial charge in [0.2, 0.25) is 0 Å². The molecular formula is C30H23IN2O9. The Labute approximate surface area is 252 Å². The van der Waals surface area contributed by atoms with E-state index in [0.29, 0.717) is 0 Å². The molecule has 0 amide bonds. The van der Waals surface area contributed by atoms with Gasteiger partial charge in [-0.2, -0.15) is 0 Å². The number of benzene rings is 3. The number of aromatic nitrogens is 2. The summed E-state index contributed by atoms with van der Waals surface area (Å²) >= 11 is 1.74. The maximum absolute atomic E-state index is 13.2. The van der Waals surface area contributed by atoms with Gasteiger partial charge >= 0.3 is 23.6 Å². The molecule has 1 aromatic heterocycles. The average Bonchev–Trinajstić information content (AvgIpc) is 3.34. The normalized spacial score (nSPS) is 19.5. The van der Waals surface area contributed by atoms with Gasteiger partial charge in [-0.05, 0) is 59.0 Å². The number of nitrogens with one attached hydrogen (secondary N) is 1. The van der Waals surface area contributed by atoms with Crippen molar-refractivity contribution in [3.8, 4) is 0 Å². The molecule has 214 valence electrons. The molecular weight excluding hydrogens is 659 g/mol. The van der Waals surface area contributed by atoms with Gasteiger partial charge in [0.25, 0.3) is 5.56 Å². The van der Waals surface area contributed by atoms with E-state index < -0.39 is 60.3 Å². The third-order valence-electron chi connectivity index (χ3n) is 6.38. The Hall–Kier alpha value is -4.56. The van der Waals surface area contributed by atoms with Crippen LogP contribution in [-0.4, -0.2) is 52.4 Å². The van der Waals surface area contributed by atoms with Gasteiger partial charge in [-0.25, -0.2) is 19.2 Å². The predicted octanol–water partition coefficient (Wildman–Crippen LogP) is 3.35. The standard InChI is InChI=1S/C30H23IN2O9/c31-21-16-33(30(38)32-25(21)34)26-24(42-29(37)20-14-8-3-9-15-20)23(41-28(36)19-12-6-2-7-13-19)22(40-26)17-39-27(35)18-10-4-1-5-11-18/h1-16,22-24,26H,17H2,(H,32,34,38). The van der Waals surface area contributed by atoms with Crippen LogP contribution >= 0.6 is 22.6 Å². The number of carbonyl (C=O) groups is 3. The Balaban J connectivity index is 1.52. The van der Waals surface area contributed by atoms with Crippen molar-refractivity contribution in [2.45, 2.75) is 24.5 Å². The molecule has 11 nitrogen and oxygen atoms in total. The van der Waals surface area contributed by atoms with E-state index in [-0.39, 0.29) is 20.3 Å². The molecule has 0 saturated carbocycles. The monoisotopic (exact) mass is 682 g/mol. The first-order valence-corrected chi connectivity index (χ1v) is 13.8. The third kappa shape index (κ3) is 6.50. The van der Waals surface area contributed by atoms with Crippen molar-refractivity contribution in [2.75, 3.05) is 6.61 Å². The third-order valence-corrected chi connectivity index (χ3v) is 7.15. The van der Waals surface area contributed by atoms with E-state index in [1.54, 1.807) is 101 Å². The fourth-order valence-corrected chi connectivity index (χ4v) is 4.77. The molecule has 4 atom stereocenters. The Bertz CT molecular complexity index is 1690. The lowest BCUT2D eigenvalue weighted by Gasteiger charge is -2.25. The highest BCUT2D eigenvalue weighted by Gasteiger charge is 2.51. The van der Waals surface area contributed by atoms with Crippen LogP contribution in [0.4, 0.5) is 0 Å². The number of hydrogen-bond donors (Lipinski definition) is 1. The number of ether oxygens (including phenoxy) is 4. The molecule has 1 saturated heterocycles. The van der Waals surface area contributed by atoms with Crippen molar-refractivity contribution in [3.05, 3.63) is 138 Å². The second-order valence-corrected chi connectivity index (χ2v) is 10.3. The maximum atomic E-state index is 13.2. The highest BCUT2D eigenvalue weighted by molar-refractivity contribution is 14.1. The second-order valence-electron chi connectivity index (χ2n) is 9.15. The molecule has 0 bridgehead atoms. The fourth-order valence-electron chi connectivity index (χ4n) is 4.33. The minimum absolute atomic E-state index is 0.153. The molecule has 1 aliphatic rings. The Morgan fingerprint density at radius 1 is 0.738 bits per heavy atom. The lowest BCUT2D eigenvalue weighted by molar-refractivity contribution is -0.0641. The van der Waals surface area contributed by atoms with Crippen molar-refractivity contribution in [3.63, 3.8) is 0 Å². The van der Waals surface area contributed by atoms with Gasteiger partial charge in [-0.3, -0.25) is 14.3 Å². The summed E-state index contributed by atoms with van der Waals surface area (Å²) in [5.74, 6) is -2.19. The van der Waals surface area contributed by atoms with Gasteiger partial charge in [-0.15, -0.1) is 0 Å². The smallest absolute Gasteiger partial charge is 0.338 e. The average molecular weight is 682 g/mol. The van der Waals surface area contributed by atoms with E-state index in [0.717, 1.165) is 4.57 Å². The largest absolute Gasteiger partial charge is 0.459 e. The second kappa shape index (κ2) is 13.0. The summed E-state index contributed by atoms with van der Waals surface area (Å²) in [7, 11) is 0. The Morgan fingerprint density at radius 2 is 1.21 bits per heavy atom. The van der Waals surface area contributed by atoms with E-state index in [1.807, 2.05) is 0 Å². The predicted molar refractivity (Wildman–Crippen MR) is 156 cm³/mol. The van der Waals surface area contributed by atoms with Crippen molar-refractivity contribution < 1.29 is 33.3 Å². The van der Waals surface area contributed by atoms with Crippen LogP contribution in [0.15, 0.2) is 107 Å². The SMILES string of the molecule is O=C(OCC1OC(n2cc(I)c(=O)[nH]c2=O)C(OC(=O)c2ccccc2)C1OC(=O)c1ccccc1)c1ccccc1. The van der Waals surface area contributed by atoms with Crippen LogP contribution < -0.4 is 11.2 Å². The summed E-state index contributed by atoms with van der Waals surface area (Å²) < 4.78 is 24.4. The molecule has 0 aliphatic carbocycles. The number of halogens is 1. The van der Waals surface area contributed by atoms with Gasteiger partial charge in [-0.1, -0.05) is 54.6 Å². The first-order valence-electron chi connectivity index (χ1n) is 12.7. The van der Waals surface area contributed by atoms with E-state index in [9.17, 15) is 24.0 Å². The summed E-state index contributed by atoms with van der Waals surface area (Å²) in [5, 5.41) is 0. The molecule has 5 rings (SSSR count). The topological polar surface area (TPSA) is 143 Å². The van der Waals surface area contributed by atoms with Crippen molar-refractivity contribution >= 4 is 40.5 Å². The molecule has 1 N–H and O–H groups in total. The van der Waals surface area contributed by atoms with E-state index in [2.05, 4.69) is 4.98 Å². The van der Waals surface area contributed by atoms with Crippen LogP contribution in [0.1, 0.15) is 37.3 Å². The Morgan fingerprint density at radius 3 is 1.74 bits per heavy atom. The van der Waals surface area contributed by atoms with Crippen LogP contribution in [-0.2, 0) is 18.9 Å². The summed E-state index contributed by atoms with van der Waals surface area (Å²) in [6.07, 6.45) is -3.99. The van der Waals surface area contributed by atoms with Crippen molar-refractivity contribution in [2.24, 2.45) is 0 Å². The lowest BCUT2D eigenvalue weighted by atomic mass is 10.1. The molecule has 12 heteroatoms. The molecule has 4 aromatic rings. The molecule has 0 spiro atoms. The molecule has 2 heterocycles. The summed E-state index contributed by atoms with van der Waals surface area (Å²) in [6.45, 7) is -0.411. The van der Waals surface area contributed by atoms with Crippen LogP contribution in [0.2, 0.25) is 0 Å². The fraction of sp³-hybridized carbons (Fsp3) is 0.167. The quantitative estimate of drug-likeness (QED) is 0.168. The van der Waals surface area contributed by atoms with Gasteiger partial charge in [0.05, 0.1) is 20.3 Å². The number of nitrogens with zero attached hydrogens (tertiary/aromatic N) is 1.